The zero-order valence-corrected chi connectivity index (χ0v) is 8.97. The van der Waals surface area contributed by atoms with Crippen molar-refractivity contribution in [2.24, 2.45) is 0 Å². The number of hydrogen-bond acceptors (Lipinski definition) is 3. The number of esters is 1. The van der Waals surface area contributed by atoms with Gasteiger partial charge in [-0.1, -0.05) is 13.8 Å². The molecule has 0 atom stereocenters. The predicted molar refractivity (Wildman–Crippen MR) is 53.8 cm³/mol. The van der Waals surface area contributed by atoms with Crippen LogP contribution in [0.2, 0.25) is 0 Å². The van der Waals surface area contributed by atoms with Crippen LogP contribution in [0.3, 0.4) is 0 Å². The molecule has 0 radical (unpaired) electrons. The number of nitrogens with one attached hydrogen (secondary N) is 1. The Kier molecular flexibility index (Phi) is 7.89. The van der Waals surface area contributed by atoms with Gasteiger partial charge < -0.3 is 10.1 Å². The zero-order valence-electron chi connectivity index (χ0n) is 8.97. The molecule has 0 rings (SSSR count). The highest BCUT2D eigenvalue weighted by Crippen LogP contribution is 1.88. The van der Waals surface area contributed by atoms with Crippen LogP contribution < -0.4 is 5.32 Å². The molecular formula is C10H19NO3. The van der Waals surface area contributed by atoms with Crippen LogP contribution in [0.5, 0.6) is 0 Å². The minimum atomic E-state index is -0.190. The summed E-state index contributed by atoms with van der Waals surface area (Å²) in [5.41, 5.74) is 0. The molecule has 14 heavy (non-hydrogen) atoms. The summed E-state index contributed by atoms with van der Waals surface area (Å²) in [5, 5.41) is 2.75. The largest absolute Gasteiger partial charge is 0.466 e. The van der Waals surface area contributed by atoms with Crippen LogP contribution in [0.4, 0.5) is 0 Å². The van der Waals surface area contributed by atoms with E-state index in [0.717, 1.165) is 6.42 Å². The molecule has 4 heteroatoms. The van der Waals surface area contributed by atoms with Crippen molar-refractivity contribution in [2.45, 2.75) is 39.5 Å². The lowest BCUT2D eigenvalue weighted by Gasteiger charge is -2.04. The maximum absolute atomic E-state index is 11.0. The Bertz CT molecular complexity index is 180. The van der Waals surface area contributed by atoms with E-state index in [9.17, 15) is 9.59 Å². The summed E-state index contributed by atoms with van der Waals surface area (Å²) < 4.78 is 4.84. The number of carbonyl (C=O) groups is 2. The Morgan fingerprint density at radius 2 is 2.00 bits per heavy atom. The van der Waals surface area contributed by atoms with Crippen molar-refractivity contribution in [3.05, 3.63) is 0 Å². The molecule has 4 nitrogen and oxygen atoms in total. The molecule has 0 bridgehead atoms. The van der Waals surface area contributed by atoms with Gasteiger partial charge in [-0.15, -0.1) is 0 Å². The molecule has 0 aromatic carbocycles. The summed E-state index contributed by atoms with van der Waals surface area (Å²) in [6, 6.07) is 0. The zero-order chi connectivity index (χ0) is 10.8. The molecule has 1 N–H and O–H groups in total. The predicted octanol–water partition coefficient (Wildman–Crippen LogP) is 1.25. The fourth-order valence-corrected chi connectivity index (χ4v) is 0.903. The van der Waals surface area contributed by atoms with Gasteiger partial charge in [-0.05, 0) is 12.8 Å². The van der Waals surface area contributed by atoms with E-state index < -0.39 is 0 Å². The van der Waals surface area contributed by atoms with Gasteiger partial charge in [-0.3, -0.25) is 9.59 Å². The number of carbonyl (C=O) groups excluding carboxylic acids is 2. The van der Waals surface area contributed by atoms with Crippen molar-refractivity contribution >= 4 is 11.9 Å². The third kappa shape index (κ3) is 7.58. The van der Waals surface area contributed by atoms with E-state index in [2.05, 4.69) is 5.32 Å². The van der Waals surface area contributed by atoms with Gasteiger partial charge in [0.25, 0.3) is 0 Å². The van der Waals surface area contributed by atoms with Gasteiger partial charge in [0, 0.05) is 19.4 Å². The normalized spacial score (nSPS) is 9.57. The van der Waals surface area contributed by atoms with Gasteiger partial charge in [-0.2, -0.15) is 0 Å². The Labute approximate surface area is 85.0 Å². The van der Waals surface area contributed by atoms with Crippen LogP contribution in [0.15, 0.2) is 0 Å². The van der Waals surface area contributed by atoms with E-state index in [4.69, 9.17) is 4.74 Å². The molecule has 82 valence electrons. The van der Waals surface area contributed by atoms with E-state index in [1.165, 1.54) is 0 Å². The third-order valence-corrected chi connectivity index (χ3v) is 1.67. The van der Waals surface area contributed by atoms with Crippen molar-refractivity contribution in [3.63, 3.8) is 0 Å². The van der Waals surface area contributed by atoms with Crippen LogP contribution >= 0.6 is 0 Å². The van der Waals surface area contributed by atoms with Gasteiger partial charge >= 0.3 is 5.97 Å². The molecule has 0 aromatic heterocycles. The van der Waals surface area contributed by atoms with Crippen LogP contribution in [-0.4, -0.2) is 25.0 Å². The standard InChI is InChI=1S/C10H19NO3/c1-3-6-9(12)11-7-5-8-14-10(13)4-2/h3-8H2,1-2H3,(H,11,12). The second-order valence-electron chi connectivity index (χ2n) is 3.03. The Balaban J connectivity index is 3.21. The Morgan fingerprint density at radius 1 is 1.29 bits per heavy atom. The first-order valence-corrected chi connectivity index (χ1v) is 5.13. The van der Waals surface area contributed by atoms with Crippen LogP contribution in [0.25, 0.3) is 0 Å². The highest BCUT2D eigenvalue weighted by Gasteiger charge is 1.99. The lowest BCUT2D eigenvalue weighted by atomic mass is 10.3. The third-order valence-electron chi connectivity index (χ3n) is 1.67. The number of ether oxygens (including phenoxy) is 1. The average molecular weight is 201 g/mol. The van der Waals surface area contributed by atoms with Crippen molar-refractivity contribution in [1.82, 2.24) is 5.32 Å². The maximum atomic E-state index is 11.0. The summed E-state index contributed by atoms with van der Waals surface area (Å²) in [7, 11) is 0. The van der Waals surface area contributed by atoms with E-state index in [0.29, 0.717) is 32.4 Å². The van der Waals surface area contributed by atoms with E-state index >= 15 is 0 Å². The Hall–Kier alpha value is -1.06. The first-order chi connectivity index (χ1) is 6.70. The van der Waals surface area contributed by atoms with Crippen LogP contribution in [-0.2, 0) is 14.3 Å². The summed E-state index contributed by atoms with van der Waals surface area (Å²) >= 11 is 0. The molecule has 0 aliphatic rings. The van der Waals surface area contributed by atoms with Gasteiger partial charge in [0.05, 0.1) is 6.61 Å². The topological polar surface area (TPSA) is 55.4 Å². The molecule has 0 saturated carbocycles. The smallest absolute Gasteiger partial charge is 0.305 e. The minimum Gasteiger partial charge on any atom is -0.466 e. The summed E-state index contributed by atoms with van der Waals surface area (Å²) in [6.07, 6.45) is 2.51. The van der Waals surface area contributed by atoms with Gasteiger partial charge in [-0.25, -0.2) is 0 Å². The highest BCUT2D eigenvalue weighted by atomic mass is 16.5. The maximum Gasteiger partial charge on any atom is 0.305 e. The molecule has 0 spiro atoms. The van der Waals surface area contributed by atoms with Crippen molar-refractivity contribution < 1.29 is 14.3 Å². The SMILES string of the molecule is CCCC(=O)NCCCOC(=O)CC. The molecule has 0 heterocycles. The highest BCUT2D eigenvalue weighted by molar-refractivity contribution is 5.75. The van der Waals surface area contributed by atoms with Crippen molar-refractivity contribution in [3.8, 4) is 0 Å². The number of rotatable bonds is 7. The lowest BCUT2D eigenvalue weighted by molar-refractivity contribution is -0.143. The van der Waals surface area contributed by atoms with E-state index in [1.807, 2.05) is 6.92 Å². The van der Waals surface area contributed by atoms with Crippen molar-refractivity contribution in [2.75, 3.05) is 13.2 Å². The lowest BCUT2D eigenvalue weighted by Crippen LogP contribution is -2.24. The second-order valence-corrected chi connectivity index (χ2v) is 3.03. The summed E-state index contributed by atoms with van der Waals surface area (Å²) in [4.78, 5) is 21.7. The summed E-state index contributed by atoms with van der Waals surface area (Å²) in [5.74, 6) is -0.126. The molecule has 0 fully saturated rings. The molecule has 0 aliphatic heterocycles. The molecular weight excluding hydrogens is 182 g/mol. The number of amides is 1. The van der Waals surface area contributed by atoms with Gasteiger partial charge in [0.1, 0.15) is 0 Å². The minimum absolute atomic E-state index is 0.0642. The monoisotopic (exact) mass is 201 g/mol. The molecule has 0 saturated heterocycles. The fourth-order valence-electron chi connectivity index (χ4n) is 0.903. The van der Waals surface area contributed by atoms with Crippen LogP contribution in [0, 0.1) is 0 Å². The first-order valence-electron chi connectivity index (χ1n) is 5.13. The Morgan fingerprint density at radius 3 is 2.57 bits per heavy atom. The average Bonchev–Trinajstić information content (AvgIpc) is 2.17. The summed E-state index contributed by atoms with van der Waals surface area (Å²) in [6.45, 7) is 4.68. The second kappa shape index (κ2) is 8.53. The van der Waals surface area contributed by atoms with Crippen LogP contribution in [0.1, 0.15) is 39.5 Å². The quantitative estimate of drug-likeness (QED) is 0.498. The van der Waals surface area contributed by atoms with E-state index in [-0.39, 0.29) is 11.9 Å². The van der Waals surface area contributed by atoms with Gasteiger partial charge in [0.2, 0.25) is 5.91 Å². The number of hydrogen-bond donors (Lipinski definition) is 1. The van der Waals surface area contributed by atoms with Gasteiger partial charge in [0.15, 0.2) is 0 Å². The molecule has 0 aliphatic carbocycles. The molecule has 0 aromatic rings. The first kappa shape index (κ1) is 12.9. The molecule has 1 amide bonds. The van der Waals surface area contributed by atoms with E-state index in [1.54, 1.807) is 6.92 Å². The van der Waals surface area contributed by atoms with Crippen molar-refractivity contribution in [1.29, 1.82) is 0 Å². The molecule has 0 unspecified atom stereocenters. The fraction of sp³-hybridized carbons (Fsp3) is 0.800.